The van der Waals surface area contributed by atoms with Crippen LogP contribution in [0.1, 0.15) is 47.0 Å². The highest BCUT2D eigenvalue weighted by Gasteiger charge is 2.55. The first-order valence-electron chi connectivity index (χ1n) is 5.74. The molecule has 0 N–H and O–H groups in total. The Morgan fingerprint density at radius 1 is 1.23 bits per heavy atom. The van der Waals surface area contributed by atoms with Crippen molar-refractivity contribution in [3.05, 3.63) is 0 Å². The van der Waals surface area contributed by atoms with E-state index in [1.165, 1.54) is 19.3 Å². The first-order valence-corrected chi connectivity index (χ1v) is 5.74. The topological polar surface area (TPSA) is 9.23 Å². The van der Waals surface area contributed by atoms with Crippen molar-refractivity contribution in [2.45, 2.75) is 58.7 Å². The van der Waals surface area contributed by atoms with Crippen molar-refractivity contribution < 1.29 is 4.74 Å². The Morgan fingerprint density at radius 3 is 2.31 bits per heavy atom. The Balaban J connectivity index is 2.22. The van der Waals surface area contributed by atoms with Gasteiger partial charge in [-0.25, -0.2) is 0 Å². The molecule has 2 fully saturated rings. The zero-order chi connectivity index (χ0) is 9.64. The highest BCUT2D eigenvalue weighted by Crippen LogP contribution is 2.54. The third-order valence-electron chi connectivity index (χ3n) is 4.17. The summed E-state index contributed by atoms with van der Waals surface area (Å²) in [5.74, 6) is 2.28. The Bertz CT molecular complexity index is 197. The summed E-state index contributed by atoms with van der Waals surface area (Å²) >= 11 is 0. The molecule has 2 aliphatic rings. The van der Waals surface area contributed by atoms with Gasteiger partial charge in [0.1, 0.15) is 0 Å². The van der Waals surface area contributed by atoms with Gasteiger partial charge < -0.3 is 4.74 Å². The molecule has 0 spiro atoms. The normalized spacial score (nSPS) is 43.8. The molecule has 2 aliphatic heterocycles. The van der Waals surface area contributed by atoms with Gasteiger partial charge in [-0.3, -0.25) is 0 Å². The summed E-state index contributed by atoms with van der Waals surface area (Å²) in [6.45, 7) is 9.34. The van der Waals surface area contributed by atoms with Crippen molar-refractivity contribution in [1.82, 2.24) is 0 Å². The van der Waals surface area contributed by atoms with E-state index in [0.29, 0.717) is 12.0 Å². The molecule has 2 saturated heterocycles. The molecule has 3 unspecified atom stereocenters. The molecule has 76 valence electrons. The quantitative estimate of drug-likeness (QED) is 0.637. The van der Waals surface area contributed by atoms with Crippen molar-refractivity contribution in [1.29, 1.82) is 0 Å². The van der Waals surface area contributed by atoms with Gasteiger partial charge in [-0.1, -0.05) is 27.7 Å². The van der Waals surface area contributed by atoms with Gasteiger partial charge in [0.15, 0.2) is 0 Å². The van der Waals surface area contributed by atoms with Crippen LogP contribution in [-0.2, 0) is 4.74 Å². The van der Waals surface area contributed by atoms with Gasteiger partial charge in [0, 0.05) is 0 Å². The van der Waals surface area contributed by atoms with E-state index in [9.17, 15) is 0 Å². The molecule has 0 aliphatic carbocycles. The predicted molar refractivity (Wildman–Crippen MR) is 54.6 cm³/mol. The fraction of sp³-hybridized carbons (Fsp3) is 1.00. The van der Waals surface area contributed by atoms with Gasteiger partial charge in [-0.15, -0.1) is 0 Å². The summed E-state index contributed by atoms with van der Waals surface area (Å²) in [5.41, 5.74) is 0.249. The van der Waals surface area contributed by atoms with Crippen LogP contribution in [0.3, 0.4) is 0 Å². The van der Waals surface area contributed by atoms with Gasteiger partial charge in [-0.05, 0) is 37.0 Å². The second-order valence-electron chi connectivity index (χ2n) is 5.47. The first kappa shape index (κ1) is 9.51. The maximum absolute atomic E-state index is 6.20. The van der Waals surface area contributed by atoms with E-state index in [2.05, 4.69) is 27.7 Å². The molecule has 0 aromatic rings. The standard InChI is InChI=1S/C12H22O/c1-8(2)11-7-10-5-6-12(11,13-10)9(3)4/h8-11H,5-7H2,1-4H3. The van der Waals surface area contributed by atoms with Gasteiger partial charge in [0.25, 0.3) is 0 Å². The van der Waals surface area contributed by atoms with Crippen molar-refractivity contribution in [3.63, 3.8) is 0 Å². The lowest BCUT2D eigenvalue weighted by Crippen LogP contribution is -2.41. The fourth-order valence-electron chi connectivity index (χ4n) is 3.43. The van der Waals surface area contributed by atoms with E-state index in [4.69, 9.17) is 4.74 Å². The smallest absolute Gasteiger partial charge is 0.0741 e. The maximum atomic E-state index is 6.20. The second kappa shape index (κ2) is 2.98. The predicted octanol–water partition coefficient (Wildman–Crippen LogP) is 3.24. The maximum Gasteiger partial charge on any atom is 0.0741 e. The SMILES string of the molecule is CC(C)C1CC2CCC1(C(C)C)O2. The molecular weight excluding hydrogens is 160 g/mol. The number of rotatable bonds is 2. The molecule has 13 heavy (non-hydrogen) atoms. The van der Waals surface area contributed by atoms with E-state index in [0.717, 1.165) is 11.8 Å². The Labute approximate surface area is 81.9 Å². The summed E-state index contributed by atoms with van der Waals surface area (Å²) in [7, 11) is 0. The second-order valence-corrected chi connectivity index (χ2v) is 5.47. The molecule has 0 aromatic heterocycles. The van der Waals surface area contributed by atoms with Crippen LogP contribution in [0.25, 0.3) is 0 Å². The van der Waals surface area contributed by atoms with E-state index in [-0.39, 0.29) is 5.60 Å². The van der Waals surface area contributed by atoms with Crippen LogP contribution in [0.15, 0.2) is 0 Å². The van der Waals surface area contributed by atoms with Crippen molar-refractivity contribution >= 4 is 0 Å². The minimum Gasteiger partial charge on any atom is -0.371 e. The van der Waals surface area contributed by atoms with Crippen LogP contribution in [0.4, 0.5) is 0 Å². The fourth-order valence-corrected chi connectivity index (χ4v) is 3.43. The summed E-state index contributed by atoms with van der Waals surface area (Å²) in [5, 5.41) is 0. The first-order chi connectivity index (χ1) is 6.06. The molecule has 0 radical (unpaired) electrons. The van der Waals surface area contributed by atoms with Crippen molar-refractivity contribution in [3.8, 4) is 0 Å². The lowest BCUT2D eigenvalue weighted by Gasteiger charge is -2.38. The molecule has 3 atom stereocenters. The summed E-state index contributed by atoms with van der Waals surface area (Å²) < 4.78 is 6.20. The molecule has 2 heterocycles. The Hall–Kier alpha value is -0.0400. The number of fused-ring (bicyclic) bond motifs is 2. The zero-order valence-electron chi connectivity index (χ0n) is 9.34. The molecule has 2 rings (SSSR count). The van der Waals surface area contributed by atoms with Gasteiger partial charge in [0.05, 0.1) is 11.7 Å². The zero-order valence-corrected chi connectivity index (χ0v) is 9.34. The third kappa shape index (κ3) is 1.24. The molecule has 0 aromatic carbocycles. The van der Waals surface area contributed by atoms with E-state index >= 15 is 0 Å². The minimum atomic E-state index is 0.249. The van der Waals surface area contributed by atoms with E-state index < -0.39 is 0 Å². The van der Waals surface area contributed by atoms with Crippen LogP contribution in [0, 0.1) is 17.8 Å². The highest BCUT2D eigenvalue weighted by atomic mass is 16.5. The molecule has 2 bridgehead atoms. The van der Waals surface area contributed by atoms with Crippen LogP contribution in [-0.4, -0.2) is 11.7 Å². The largest absolute Gasteiger partial charge is 0.371 e. The molecule has 1 heteroatoms. The average Bonchev–Trinajstić information content (AvgIpc) is 2.60. The lowest BCUT2D eigenvalue weighted by molar-refractivity contribution is -0.0542. The third-order valence-corrected chi connectivity index (χ3v) is 4.17. The molecular formula is C12H22O. The van der Waals surface area contributed by atoms with Crippen LogP contribution < -0.4 is 0 Å². The summed E-state index contributed by atoms with van der Waals surface area (Å²) in [6.07, 6.45) is 4.52. The summed E-state index contributed by atoms with van der Waals surface area (Å²) in [6, 6.07) is 0. The van der Waals surface area contributed by atoms with E-state index in [1.807, 2.05) is 0 Å². The van der Waals surface area contributed by atoms with E-state index in [1.54, 1.807) is 0 Å². The monoisotopic (exact) mass is 182 g/mol. The van der Waals surface area contributed by atoms with Gasteiger partial charge in [0.2, 0.25) is 0 Å². The Morgan fingerprint density at radius 2 is 1.92 bits per heavy atom. The average molecular weight is 182 g/mol. The minimum absolute atomic E-state index is 0.249. The summed E-state index contributed by atoms with van der Waals surface area (Å²) in [4.78, 5) is 0. The lowest BCUT2D eigenvalue weighted by atomic mass is 9.68. The number of hydrogen-bond donors (Lipinski definition) is 0. The number of ether oxygens (including phenoxy) is 1. The Kier molecular flexibility index (Phi) is 2.18. The van der Waals surface area contributed by atoms with Crippen molar-refractivity contribution in [2.24, 2.45) is 17.8 Å². The highest BCUT2D eigenvalue weighted by molar-refractivity contribution is 5.04. The molecule has 0 saturated carbocycles. The van der Waals surface area contributed by atoms with Gasteiger partial charge >= 0.3 is 0 Å². The van der Waals surface area contributed by atoms with Crippen LogP contribution in [0.2, 0.25) is 0 Å². The molecule has 0 amide bonds. The van der Waals surface area contributed by atoms with Crippen molar-refractivity contribution in [2.75, 3.05) is 0 Å². The molecule has 1 nitrogen and oxygen atoms in total. The van der Waals surface area contributed by atoms with Gasteiger partial charge in [-0.2, -0.15) is 0 Å². The number of hydrogen-bond acceptors (Lipinski definition) is 1. The van der Waals surface area contributed by atoms with Crippen LogP contribution in [0.5, 0.6) is 0 Å². The van der Waals surface area contributed by atoms with Crippen LogP contribution >= 0.6 is 0 Å².